The van der Waals surface area contributed by atoms with Crippen LogP contribution in [0.3, 0.4) is 0 Å². The molecule has 0 aliphatic rings. The number of rotatable bonds is 4. The minimum Gasteiger partial charge on any atom is -0.462 e. The summed E-state index contributed by atoms with van der Waals surface area (Å²) in [5.41, 5.74) is 9.54. The topological polar surface area (TPSA) is 52.3 Å². The summed E-state index contributed by atoms with van der Waals surface area (Å²) >= 11 is 1.50. The normalized spacial score (nSPS) is 10.4. The van der Waals surface area contributed by atoms with E-state index in [0.717, 1.165) is 15.4 Å². The number of carbonyl (C=O) groups is 1. The molecule has 2 aromatic rings. The molecule has 0 unspecified atom stereocenters. The fraction of sp³-hybridized carbons (Fsp3) is 0.235. The summed E-state index contributed by atoms with van der Waals surface area (Å²) in [5.74, 6) is -0.336. The number of nitrogen functional groups attached to an aromatic ring is 1. The van der Waals surface area contributed by atoms with Crippen molar-refractivity contribution in [3.05, 3.63) is 53.1 Å². The molecule has 2 N–H and O–H groups in total. The van der Waals surface area contributed by atoms with Crippen LogP contribution in [0.25, 0.3) is 0 Å². The zero-order valence-electron chi connectivity index (χ0n) is 12.5. The maximum atomic E-state index is 12.1. The van der Waals surface area contributed by atoms with Crippen LogP contribution in [-0.2, 0) is 4.74 Å². The summed E-state index contributed by atoms with van der Waals surface area (Å²) in [6.07, 6.45) is 0. The van der Waals surface area contributed by atoms with Crippen LogP contribution in [0.15, 0.2) is 46.2 Å². The smallest absolute Gasteiger partial charge is 0.339 e. The number of ether oxygens (including phenoxy) is 1. The van der Waals surface area contributed by atoms with Crippen LogP contribution < -0.4 is 5.73 Å². The highest BCUT2D eigenvalue weighted by Gasteiger charge is 2.16. The Hall–Kier alpha value is -1.94. The summed E-state index contributed by atoms with van der Waals surface area (Å²) in [4.78, 5) is 13.9. The molecule has 0 aliphatic heterocycles. The minimum atomic E-state index is -0.336. The second-order valence-corrected chi connectivity index (χ2v) is 5.87. The van der Waals surface area contributed by atoms with Crippen LogP contribution in [0.1, 0.15) is 28.4 Å². The molecule has 0 spiro atoms. The van der Waals surface area contributed by atoms with E-state index in [-0.39, 0.29) is 5.97 Å². The van der Waals surface area contributed by atoms with Crippen LogP contribution in [0.2, 0.25) is 0 Å². The van der Waals surface area contributed by atoms with E-state index in [2.05, 4.69) is 32.0 Å². The molecule has 21 heavy (non-hydrogen) atoms. The first-order valence-electron chi connectivity index (χ1n) is 6.83. The standard InChI is InChI=1S/C17H19NO2S/c1-4-20-17(19)13-6-5-7-14(18)16(13)21-15-9-8-11(2)10-12(15)3/h5-10H,4,18H2,1-3H3. The highest BCUT2D eigenvalue weighted by atomic mass is 32.2. The van der Waals surface area contributed by atoms with Crippen LogP contribution in [0.4, 0.5) is 5.69 Å². The lowest BCUT2D eigenvalue weighted by molar-refractivity contribution is 0.0522. The molecule has 4 heteroatoms. The Labute approximate surface area is 129 Å². The van der Waals surface area contributed by atoms with Gasteiger partial charge in [-0.1, -0.05) is 35.5 Å². The Kier molecular flexibility index (Phi) is 4.91. The fourth-order valence-electron chi connectivity index (χ4n) is 2.06. The maximum absolute atomic E-state index is 12.1. The molecule has 0 atom stereocenters. The Morgan fingerprint density at radius 2 is 2.00 bits per heavy atom. The maximum Gasteiger partial charge on any atom is 0.339 e. The highest BCUT2D eigenvalue weighted by molar-refractivity contribution is 7.99. The Morgan fingerprint density at radius 3 is 2.67 bits per heavy atom. The molecule has 2 aromatic carbocycles. The van der Waals surface area contributed by atoms with E-state index in [9.17, 15) is 4.79 Å². The zero-order chi connectivity index (χ0) is 15.4. The van der Waals surface area contributed by atoms with Gasteiger partial charge in [0, 0.05) is 15.5 Å². The van der Waals surface area contributed by atoms with Crippen LogP contribution in [-0.4, -0.2) is 12.6 Å². The Morgan fingerprint density at radius 1 is 1.24 bits per heavy atom. The van der Waals surface area contributed by atoms with E-state index in [0.29, 0.717) is 17.9 Å². The molecular weight excluding hydrogens is 282 g/mol. The van der Waals surface area contributed by atoms with E-state index in [1.54, 1.807) is 25.1 Å². The monoisotopic (exact) mass is 301 g/mol. The molecule has 0 bridgehead atoms. The van der Waals surface area contributed by atoms with Gasteiger partial charge >= 0.3 is 5.97 Å². The lowest BCUT2D eigenvalue weighted by atomic mass is 10.2. The van der Waals surface area contributed by atoms with E-state index in [1.165, 1.54) is 17.3 Å². The van der Waals surface area contributed by atoms with Gasteiger partial charge in [-0.2, -0.15) is 0 Å². The summed E-state index contributed by atoms with van der Waals surface area (Å²) < 4.78 is 5.10. The van der Waals surface area contributed by atoms with Crippen LogP contribution in [0.5, 0.6) is 0 Å². The van der Waals surface area contributed by atoms with E-state index in [4.69, 9.17) is 10.5 Å². The third-order valence-electron chi connectivity index (χ3n) is 3.08. The van der Waals surface area contributed by atoms with Gasteiger partial charge in [-0.15, -0.1) is 0 Å². The average molecular weight is 301 g/mol. The van der Waals surface area contributed by atoms with Crippen molar-refractivity contribution in [1.29, 1.82) is 0 Å². The third kappa shape index (κ3) is 3.58. The van der Waals surface area contributed by atoms with Crippen molar-refractivity contribution in [2.45, 2.75) is 30.6 Å². The number of esters is 1. The number of hydrogen-bond acceptors (Lipinski definition) is 4. The van der Waals surface area contributed by atoms with Gasteiger partial charge in [0.15, 0.2) is 0 Å². The average Bonchev–Trinajstić information content (AvgIpc) is 2.43. The second kappa shape index (κ2) is 6.68. The number of hydrogen-bond donors (Lipinski definition) is 1. The molecule has 110 valence electrons. The third-order valence-corrected chi connectivity index (χ3v) is 4.42. The number of aryl methyl sites for hydroxylation is 2. The molecular formula is C17H19NO2S. The van der Waals surface area contributed by atoms with Gasteiger partial charge in [-0.3, -0.25) is 0 Å². The molecule has 0 radical (unpaired) electrons. The van der Waals surface area contributed by atoms with Gasteiger partial charge in [-0.05, 0) is 44.5 Å². The van der Waals surface area contributed by atoms with E-state index < -0.39 is 0 Å². The SMILES string of the molecule is CCOC(=O)c1cccc(N)c1Sc1ccc(C)cc1C. The Balaban J connectivity index is 2.41. The fourth-order valence-corrected chi connectivity index (χ4v) is 3.09. The minimum absolute atomic E-state index is 0.336. The van der Waals surface area contributed by atoms with Crippen molar-refractivity contribution in [1.82, 2.24) is 0 Å². The lowest BCUT2D eigenvalue weighted by Gasteiger charge is -2.12. The van der Waals surface area contributed by atoms with Crippen LogP contribution in [0, 0.1) is 13.8 Å². The summed E-state index contributed by atoms with van der Waals surface area (Å²) in [7, 11) is 0. The van der Waals surface area contributed by atoms with Crippen molar-refractivity contribution in [3.8, 4) is 0 Å². The van der Waals surface area contributed by atoms with E-state index >= 15 is 0 Å². The first-order valence-corrected chi connectivity index (χ1v) is 7.65. The lowest BCUT2D eigenvalue weighted by Crippen LogP contribution is -2.07. The number of carbonyl (C=O) groups excluding carboxylic acids is 1. The second-order valence-electron chi connectivity index (χ2n) is 4.82. The summed E-state index contributed by atoms with van der Waals surface area (Å²) in [6, 6.07) is 11.5. The largest absolute Gasteiger partial charge is 0.462 e. The number of benzene rings is 2. The molecule has 0 aromatic heterocycles. The molecule has 0 fully saturated rings. The van der Waals surface area contributed by atoms with Gasteiger partial charge in [0.05, 0.1) is 12.2 Å². The van der Waals surface area contributed by atoms with E-state index in [1.807, 2.05) is 0 Å². The van der Waals surface area contributed by atoms with Crippen molar-refractivity contribution in [2.24, 2.45) is 0 Å². The highest BCUT2D eigenvalue weighted by Crippen LogP contribution is 2.37. The summed E-state index contributed by atoms with van der Waals surface area (Å²) in [6.45, 7) is 6.25. The van der Waals surface area contributed by atoms with Gasteiger partial charge in [0.1, 0.15) is 0 Å². The summed E-state index contributed by atoms with van der Waals surface area (Å²) in [5, 5.41) is 0. The first kappa shape index (κ1) is 15.4. The van der Waals surface area contributed by atoms with Gasteiger partial charge in [0.2, 0.25) is 0 Å². The molecule has 0 amide bonds. The molecule has 0 saturated carbocycles. The predicted octanol–water partition coefficient (Wildman–Crippen LogP) is 4.21. The Bertz CT molecular complexity index is 668. The molecule has 2 rings (SSSR count). The zero-order valence-corrected chi connectivity index (χ0v) is 13.3. The van der Waals surface area contributed by atoms with Crippen molar-refractivity contribution in [3.63, 3.8) is 0 Å². The predicted molar refractivity (Wildman–Crippen MR) is 86.8 cm³/mol. The molecule has 0 saturated heterocycles. The molecule has 0 aliphatic carbocycles. The number of anilines is 1. The molecule has 3 nitrogen and oxygen atoms in total. The quantitative estimate of drug-likeness (QED) is 0.679. The number of nitrogens with two attached hydrogens (primary N) is 1. The van der Waals surface area contributed by atoms with Gasteiger partial charge in [-0.25, -0.2) is 4.79 Å². The van der Waals surface area contributed by atoms with Gasteiger partial charge in [0.25, 0.3) is 0 Å². The molecule has 0 heterocycles. The van der Waals surface area contributed by atoms with Crippen molar-refractivity contribution >= 4 is 23.4 Å². The van der Waals surface area contributed by atoms with Crippen molar-refractivity contribution in [2.75, 3.05) is 12.3 Å². The van der Waals surface area contributed by atoms with Crippen molar-refractivity contribution < 1.29 is 9.53 Å². The van der Waals surface area contributed by atoms with Crippen LogP contribution >= 0.6 is 11.8 Å². The first-order chi connectivity index (χ1) is 10.0. The van der Waals surface area contributed by atoms with Gasteiger partial charge < -0.3 is 10.5 Å².